The fourth-order valence-corrected chi connectivity index (χ4v) is 5.21. The Labute approximate surface area is 151 Å². The number of thioether (sulfide) groups is 1. The number of hydrogen-bond acceptors (Lipinski definition) is 5. The fourth-order valence-electron chi connectivity index (χ4n) is 3.31. The standard InChI is InChI=1S/C17H25N3O2S2/c21-16(17(22)19-11-15-2-1-8-24-15)18-10-13-3-6-20(7-4-13)14-5-9-23-12-14/h1-2,8,13-14H,3-7,9-12H2,(H,18,21)(H,19,22). The first-order valence-electron chi connectivity index (χ1n) is 8.62. The van der Waals surface area contributed by atoms with E-state index in [0.717, 1.165) is 36.9 Å². The Hall–Kier alpha value is -1.05. The minimum absolute atomic E-state index is 0.418. The van der Waals surface area contributed by atoms with E-state index in [-0.39, 0.29) is 0 Å². The molecule has 7 heteroatoms. The highest BCUT2D eigenvalue weighted by molar-refractivity contribution is 7.99. The molecule has 0 bridgehead atoms. The van der Waals surface area contributed by atoms with Crippen LogP contribution in [-0.4, -0.2) is 53.9 Å². The molecule has 2 amide bonds. The summed E-state index contributed by atoms with van der Waals surface area (Å²) in [7, 11) is 0. The van der Waals surface area contributed by atoms with E-state index in [1.165, 1.54) is 17.9 Å². The number of hydrogen-bond donors (Lipinski definition) is 2. The summed E-state index contributed by atoms with van der Waals surface area (Å²) in [6.07, 6.45) is 3.53. The van der Waals surface area contributed by atoms with E-state index in [2.05, 4.69) is 27.3 Å². The largest absolute Gasteiger partial charge is 0.348 e. The van der Waals surface area contributed by atoms with Gasteiger partial charge in [0.15, 0.2) is 0 Å². The first-order valence-corrected chi connectivity index (χ1v) is 10.7. The molecule has 2 aliphatic rings. The summed E-state index contributed by atoms with van der Waals surface area (Å²) in [5.41, 5.74) is 0. The first-order chi connectivity index (χ1) is 11.7. The SMILES string of the molecule is O=C(NCc1cccs1)C(=O)NCC1CCN(C2CCSC2)CC1. The van der Waals surface area contributed by atoms with Gasteiger partial charge in [-0.2, -0.15) is 11.8 Å². The van der Waals surface area contributed by atoms with E-state index in [1.54, 1.807) is 11.3 Å². The van der Waals surface area contributed by atoms with Gasteiger partial charge in [0.1, 0.15) is 0 Å². The van der Waals surface area contributed by atoms with Crippen molar-refractivity contribution in [2.24, 2.45) is 5.92 Å². The molecule has 3 heterocycles. The Morgan fingerprint density at radius 2 is 1.96 bits per heavy atom. The molecule has 1 aromatic heterocycles. The second-order valence-electron chi connectivity index (χ2n) is 6.47. The molecule has 1 unspecified atom stereocenters. The van der Waals surface area contributed by atoms with Gasteiger partial charge in [-0.3, -0.25) is 14.5 Å². The number of nitrogens with one attached hydrogen (secondary N) is 2. The number of amides is 2. The molecule has 2 aliphatic heterocycles. The average molecular weight is 368 g/mol. The minimum Gasteiger partial charge on any atom is -0.348 e. The van der Waals surface area contributed by atoms with Crippen LogP contribution < -0.4 is 10.6 Å². The number of nitrogens with zero attached hydrogens (tertiary/aromatic N) is 1. The van der Waals surface area contributed by atoms with Crippen LogP contribution in [0, 0.1) is 5.92 Å². The van der Waals surface area contributed by atoms with E-state index in [9.17, 15) is 9.59 Å². The summed E-state index contributed by atoms with van der Waals surface area (Å²) >= 11 is 3.63. The van der Waals surface area contributed by atoms with Gasteiger partial charge in [0, 0.05) is 23.2 Å². The third-order valence-corrected chi connectivity index (χ3v) is 6.85. The van der Waals surface area contributed by atoms with Crippen molar-refractivity contribution >= 4 is 34.9 Å². The third-order valence-electron chi connectivity index (χ3n) is 4.83. The lowest BCUT2D eigenvalue weighted by molar-refractivity contribution is -0.139. The van der Waals surface area contributed by atoms with Crippen molar-refractivity contribution in [3.63, 3.8) is 0 Å². The van der Waals surface area contributed by atoms with Crippen LogP contribution >= 0.6 is 23.1 Å². The average Bonchev–Trinajstić information content (AvgIpc) is 3.31. The summed E-state index contributed by atoms with van der Waals surface area (Å²) in [6.45, 7) is 3.27. The second-order valence-corrected chi connectivity index (χ2v) is 8.65. The lowest BCUT2D eigenvalue weighted by Crippen LogP contribution is -2.45. The van der Waals surface area contributed by atoms with Crippen LogP contribution in [0.4, 0.5) is 0 Å². The summed E-state index contributed by atoms with van der Waals surface area (Å²) in [5, 5.41) is 7.42. The smallest absolute Gasteiger partial charge is 0.309 e. The normalized spacial score (nSPS) is 22.4. The van der Waals surface area contributed by atoms with Crippen LogP contribution in [0.1, 0.15) is 24.1 Å². The molecule has 2 N–H and O–H groups in total. The van der Waals surface area contributed by atoms with E-state index in [0.29, 0.717) is 19.0 Å². The Bertz CT molecular complexity index is 536. The number of likely N-dealkylation sites (tertiary alicyclic amines) is 1. The molecule has 5 nitrogen and oxygen atoms in total. The summed E-state index contributed by atoms with van der Waals surface area (Å²) in [6, 6.07) is 4.64. The zero-order valence-electron chi connectivity index (χ0n) is 13.8. The van der Waals surface area contributed by atoms with E-state index in [1.807, 2.05) is 17.5 Å². The van der Waals surface area contributed by atoms with Gasteiger partial charge in [0.05, 0.1) is 6.54 Å². The predicted octanol–water partition coefficient (Wildman–Crippen LogP) is 1.70. The van der Waals surface area contributed by atoms with Gasteiger partial charge in [-0.05, 0) is 55.5 Å². The predicted molar refractivity (Wildman–Crippen MR) is 99.2 cm³/mol. The van der Waals surface area contributed by atoms with Crippen molar-refractivity contribution < 1.29 is 9.59 Å². The number of thiophene rings is 1. The number of piperidine rings is 1. The third kappa shape index (κ3) is 4.97. The van der Waals surface area contributed by atoms with E-state index < -0.39 is 11.8 Å². The molecule has 0 radical (unpaired) electrons. The van der Waals surface area contributed by atoms with Crippen LogP contribution in [0.15, 0.2) is 17.5 Å². The number of rotatable bonds is 5. The quantitative estimate of drug-likeness (QED) is 0.778. The van der Waals surface area contributed by atoms with Gasteiger partial charge in [0.25, 0.3) is 0 Å². The molecular formula is C17H25N3O2S2. The minimum atomic E-state index is -0.538. The highest BCUT2D eigenvalue weighted by Gasteiger charge is 2.27. The van der Waals surface area contributed by atoms with Crippen molar-refractivity contribution in [3.8, 4) is 0 Å². The molecule has 3 rings (SSSR count). The monoisotopic (exact) mass is 367 g/mol. The summed E-state index contributed by atoms with van der Waals surface area (Å²) in [5.74, 6) is 2.00. The van der Waals surface area contributed by atoms with Crippen LogP contribution in [0.25, 0.3) is 0 Å². The van der Waals surface area contributed by atoms with E-state index >= 15 is 0 Å². The van der Waals surface area contributed by atoms with Gasteiger partial charge < -0.3 is 10.6 Å². The van der Waals surface area contributed by atoms with Crippen LogP contribution in [0.5, 0.6) is 0 Å². The van der Waals surface area contributed by atoms with Gasteiger partial charge in [-0.25, -0.2) is 0 Å². The topological polar surface area (TPSA) is 61.4 Å². The van der Waals surface area contributed by atoms with Gasteiger partial charge in [-0.1, -0.05) is 6.07 Å². The summed E-state index contributed by atoms with van der Waals surface area (Å²) < 4.78 is 0. The van der Waals surface area contributed by atoms with Gasteiger partial charge in [-0.15, -0.1) is 11.3 Å². The van der Waals surface area contributed by atoms with Crippen LogP contribution in [0.3, 0.4) is 0 Å². The maximum absolute atomic E-state index is 11.9. The van der Waals surface area contributed by atoms with E-state index in [4.69, 9.17) is 0 Å². The molecule has 0 aliphatic carbocycles. The molecule has 132 valence electrons. The van der Waals surface area contributed by atoms with Crippen molar-refractivity contribution in [3.05, 3.63) is 22.4 Å². The maximum atomic E-state index is 11.9. The molecule has 0 spiro atoms. The van der Waals surface area contributed by atoms with Crippen LogP contribution in [0.2, 0.25) is 0 Å². The van der Waals surface area contributed by atoms with Crippen molar-refractivity contribution in [2.45, 2.75) is 31.8 Å². The Kier molecular flexibility index (Phi) is 6.57. The summed E-state index contributed by atoms with van der Waals surface area (Å²) in [4.78, 5) is 27.3. The molecular weight excluding hydrogens is 342 g/mol. The Morgan fingerprint density at radius 1 is 1.17 bits per heavy atom. The highest BCUT2D eigenvalue weighted by atomic mass is 32.2. The molecule has 0 aromatic carbocycles. The lowest BCUT2D eigenvalue weighted by atomic mass is 9.95. The molecule has 1 atom stereocenters. The zero-order valence-corrected chi connectivity index (χ0v) is 15.5. The number of carbonyl (C=O) groups excluding carboxylic acids is 2. The zero-order chi connectivity index (χ0) is 16.8. The molecule has 1 aromatic rings. The van der Waals surface area contributed by atoms with Crippen molar-refractivity contribution in [2.75, 3.05) is 31.1 Å². The molecule has 2 fully saturated rings. The van der Waals surface area contributed by atoms with Crippen LogP contribution in [-0.2, 0) is 16.1 Å². The number of carbonyl (C=O) groups is 2. The van der Waals surface area contributed by atoms with Gasteiger partial charge in [0.2, 0.25) is 0 Å². The second kappa shape index (κ2) is 8.87. The highest BCUT2D eigenvalue weighted by Crippen LogP contribution is 2.26. The fraction of sp³-hybridized carbons (Fsp3) is 0.647. The van der Waals surface area contributed by atoms with Gasteiger partial charge >= 0.3 is 11.8 Å². The Morgan fingerprint density at radius 3 is 2.62 bits per heavy atom. The maximum Gasteiger partial charge on any atom is 0.309 e. The van der Waals surface area contributed by atoms with Crippen molar-refractivity contribution in [1.82, 2.24) is 15.5 Å². The lowest BCUT2D eigenvalue weighted by Gasteiger charge is -2.35. The Balaban J connectivity index is 1.32. The van der Waals surface area contributed by atoms with Crippen molar-refractivity contribution in [1.29, 1.82) is 0 Å². The first kappa shape index (κ1) is 17.8. The molecule has 2 saturated heterocycles. The molecule has 24 heavy (non-hydrogen) atoms. The molecule has 0 saturated carbocycles.